The lowest BCUT2D eigenvalue weighted by Gasteiger charge is -2.29. The minimum Gasteiger partial charge on any atom is -0.488 e. The van der Waals surface area contributed by atoms with Crippen LogP contribution in [0.4, 0.5) is 5.69 Å². The van der Waals surface area contributed by atoms with E-state index >= 15 is 0 Å². The van der Waals surface area contributed by atoms with Gasteiger partial charge in [-0.1, -0.05) is 17.7 Å². The molecule has 2 aliphatic rings. The van der Waals surface area contributed by atoms with Gasteiger partial charge in [0.15, 0.2) is 12.1 Å². The number of para-hydroxylation sites is 1. The van der Waals surface area contributed by atoms with E-state index in [1.807, 2.05) is 6.07 Å². The van der Waals surface area contributed by atoms with Crippen LogP contribution in [-0.2, 0) is 0 Å². The maximum Gasteiger partial charge on any atom is 0.296 e. The third-order valence-corrected chi connectivity index (χ3v) is 4.09. The van der Waals surface area contributed by atoms with Crippen molar-refractivity contribution in [3.05, 3.63) is 41.1 Å². The molecule has 2 aromatic rings. The molecule has 0 bridgehead atoms. The number of carbonyl (C=O) groups is 1. The van der Waals surface area contributed by atoms with Crippen molar-refractivity contribution in [1.82, 2.24) is 4.98 Å². The zero-order chi connectivity index (χ0) is 14.4. The average Bonchev–Trinajstić information content (AvgIpc) is 3.24. The summed E-state index contributed by atoms with van der Waals surface area (Å²) in [6.45, 7) is 0.881. The molecular weight excluding hydrogens is 292 g/mol. The standard InChI is InChI=1S/C15H13ClN2O3/c16-10-2-1-3-11-13(10)20-7-6-18(11)15(19)14-12(9-4-5-9)17-8-21-14/h1-3,8-9H,4-7H2. The first-order valence-electron chi connectivity index (χ1n) is 6.92. The molecule has 2 heterocycles. The molecule has 1 aliphatic carbocycles. The van der Waals surface area contributed by atoms with Crippen molar-refractivity contribution in [2.24, 2.45) is 0 Å². The average molecular weight is 305 g/mol. The number of nitrogens with zero attached hydrogens (tertiary/aromatic N) is 2. The van der Waals surface area contributed by atoms with Crippen LogP contribution in [0.3, 0.4) is 0 Å². The van der Waals surface area contributed by atoms with Crippen LogP contribution in [0.1, 0.15) is 35.0 Å². The van der Waals surface area contributed by atoms with Gasteiger partial charge in [-0.15, -0.1) is 0 Å². The van der Waals surface area contributed by atoms with Crippen molar-refractivity contribution in [2.75, 3.05) is 18.1 Å². The van der Waals surface area contributed by atoms with E-state index in [1.54, 1.807) is 17.0 Å². The van der Waals surface area contributed by atoms with Gasteiger partial charge in [-0.2, -0.15) is 0 Å². The number of aromatic nitrogens is 1. The largest absolute Gasteiger partial charge is 0.488 e. The van der Waals surface area contributed by atoms with E-state index in [1.165, 1.54) is 6.39 Å². The molecule has 5 nitrogen and oxygen atoms in total. The van der Waals surface area contributed by atoms with Gasteiger partial charge in [-0.05, 0) is 25.0 Å². The maximum atomic E-state index is 12.8. The third-order valence-electron chi connectivity index (χ3n) is 3.80. The molecule has 0 N–H and O–H groups in total. The number of rotatable bonds is 2. The predicted octanol–water partition coefficient (Wildman–Crippen LogP) is 3.24. The molecular formula is C15H13ClN2O3. The lowest BCUT2D eigenvalue weighted by Crippen LogP contribution is -2.38. The first-order valence-corrected chi connectivity index (χ1v) is 7.30. The Bertz CT molecular complexity index is 709. The Kier molecular flexibility index (Phi) is 2.89. The highest BCUT2D eigenvalue weighted by molar-refractivity contribution is 6.32. The van der Waals surface area contributed by atoms with Crippen molar-refractivity contribution in [3.63, 3.8) is 0 Å². The predicted molar refractivity (Wildman–Crippen MR) is 77.1 cm³/mol. The smallest absolute Gasteiger partial charge is 0.296 e. The summed E-state index contributed by atoms with van der Waals surface area (Å²) in [5.74, 6) is 1.07. The molecule has 1 aromatic carbocycles. The zero-order valence-electron chi connectivity index (χ0n) is 11.2. The highest BCUT2D eigenvalue weighted by Gasteiger charge is 2.35. The summed E-state index contributed by atoms with van der Waals surface area (Å²) in [7, 11) is 0. The summed E-state index contributed by atoms with van der Waals surface area (Å²) < 4.78 is 10.9. The molecule has 1 saturated carbocycles. The molecule has 0 saturated heterocycles. The summed E-state index contributed by atoms with van der Waals surface area (Å²) in [6.07, 6.45) is 3.48. The molecule has 1 aliphatic heterocycles. The first-order chi connectivity index (χ1) is 10.3. The molecule has 1 fully saturated rings. The number of hydrogen-bond donors (Lipinski definition) is 0. The van der Waals surface area contributed by atoms with Gasteiger partial charge in [-0.25, -0.2) is 4.98 Å². The van der Waals surface area contributed by atoms with E-state index in [2.05, 4.69) is 4.98 Å². The topological polar surface area (TPSA) is 55.6 Å². The number of hydrogen-bond acceptors (Lipinski definition) is 4. The van der Waals surface area contributed by atoms with E-state index in [0.29, 0.717) is 41.3 Å². The Labute approximate surface area is 126 Å². The van der Waals surface area contributed by atoms with Crippen LogP contribution in [0.2, 0.25) is 5.02 Å². The van der Waals surface area contributed by atoms with Crippen LogP contribution in [0.15, 0.2) is 29.0 Å². The van der Waals surface area contributed by atoms with E-state index in [9.17, 15) is 4.79 Å². The molecule has 4 rings (SSSR count). The molecule has 1 amide bonds. The van der Waals surface area contributed by atoms with Crippen LogP contribution in [0.5, 0.6) is 5.75 Å². The minimum atomic E-state index is -0.179. The highest BCUT2D eigenvalue weighted by Crippen LogP contribution is 2.42. The number of amides is 1. The van der Waals surface area contributed by atoms with Gasteiger partial charge >= 0.3 is 0 Å². The second-order valence-corrected chi connectivity index (χ2v) is 5.64. The molecule has 6 heteroatoms. The van der Waals surface area contributed by atoms with Crippen LogP contribution in [0, 0.1) is 0 Å². The number of oxazole rings is 1. The molecule has 0 spiro atoms. The lowest BCUT2D eigenvalue weighted by molar-refractivity contribution is 0.0948. The molecule has 108 valence electrons. The Hall–Kier alpha value is -2.01. The number of anilines is 1. The number of halogens is 1. The maximum absolute atomic E-state index is 12.8. The van der Waals surface area contributed by atoms with Crippen molar-refractivity contribution in [2.45, 2.75) is 18.8 Å². The van der Waals surface area contributed by atoms with Crippen LogP contribution < -0.4 is 9.64 Å². The molecule has 0 unspecified atom stereocenters. The number of carbonyl (C=O) groups excluding carboxylic acids is 1. The fourth-order valence-electron chi connectivity index (χ4n) is 2.61. The van der Waals surface area contributed by atoms with E-state index in [0.717, 1.165) is 18.5 Å². The Morgan fingerprint density at radius 1 is 1.38 bits per heavy atom. The Morgan fingerprint density at radius 3 is 3.05 bits per heavy atom. The van der Waals surface area contributed by atoms with Crippen LogP contribution in [-0.4, -0.2) is 24.0 Å². The van der Waals surface area contributed by atoms with Gasteiger partial charge < -0.3 is 9.15 Å². The molecule has 0 radical (unpaired) electrons. The quantitative estimate of drug-likeness (QED) is 0.854. The lowest BCUT2D eigenvalue weighted by atomic mass is 10.2. The highest BCUT2D eigenvalue weighted by atomic mass is 35.5. The van der Waals surface area contributed by atoms with E-state index in [4.69, 9.17) is 20.8 Å². The Morgan fingerprint density at radius 2 is 2.24 bits per heavy atom. The SMILES string of the molecule is O=C(c1ocnc1C1CC1)N1CCOc2c(Cl)cccc21. The third kappa shape index (κ3) is 2.08. The van der Waals surface area contributed by atoms with Crippen molar-refractivity contribution in [3.8, 4) is 5.75 Å². The number of benzene rings is 1. The van der Waals surface area contributed by atoms with Crippen molar-refractivity contribution >= 4 is 23.2 Å². The molecule has 0 atom stereocenters. The first kappa shape index (κ1) is 12.7. The second-order valence-electron chi connectivity index (χ2n) is 5.23. The number of fused-ring (bicyclic) bond motifs is 1. The van der Waals surface area contributed by atoms with E-state index < -0.39 is 0 Å². The van der Waals surface area contributed by atoms with Gasteiger partial charge in [0, 0.05) is 5.92 Å². The van der Waals surface area contributed by atoms with Crippen LogP contribution >= 0.6 is 11.6 Å². The van der Waals surface area contributed by atoms with Crippen molar-refractivity contribution < 1.29 is 13.9 Å². The van der Waals surface area contributed by atoms with Crippen LogP contribution in [0.25, 0.3) is 0 Å². The fraction of sp³-hybridized carbons (Fsp3) is 0.333. The minimum absolute atomic E-state index is 0.179. The molecule has 1 aromatic heterocycles. The fourth-order valence-corrected chi connectivity index (χ4v) is 2.83. The summed E-state index contributed by atoms with van der Waals surface area (Å²) in [5, 5.41) is 0.505. The van der Waals surface area contributed by atoms with Crippen molar-refractivity contribution in [1.29, 1.82) is 0 Å². The Balaban J connectivity index is 1.73. The number of ether oxygens (including phenoxy) is 1. The van der Waals surface area contributed by atoms with Gasteiger partial charge in [0.1, 0.15) is 6.61 Å². The van der Waals surface area contributed by atoms with Gasteiger partial charge in [-0.3, -0.25) is 9.69 Å². The summed E-state index contributed by atoms with van der Waals surface area (Å²) in [5.41, 5.74) is 1.45. The van der Waals surface area contributed by atoms with Gasteiger partial charge in [0.25, 0.3) is 5.91 Å². The van der Waals surface area contributed by atoms with E-state index in [-0.39, 0.29) is 5.91 Å². The second kappa shape index (κ2) is 4.77. The summed E-state index contributed by atoms with van der Waals surface area (Å²) in [6, 6.07) is 5.38. The van der Waals surface area contributed by atoms with Gasteiger partial charge in [0.2, 0.25) is 5.76 Å². The summed E-state index contributed by atoms with van der Waals surface area (Å²) >= 11 is 6.13. The zero-order valence-corrected chi connectivity index (χ0v) is 12.0. The van der Waals surface area contributed by atoms with Gasteiger partial charge in [0.05, 0.1) is 22.9 Å². The summed E-state index contributed by atoms with van der Waals surface area (Å²) in [4.78, 5) is 18.6. The monoisotopic (exact) mass is 304 g/mol. The molecule has 21 heavy (non-hydrogen) atoms. The normalized spacial score (nSPS) is 17.3.